The summed E-state index contributed by atoms with van der Waals surface area (Å²) in [5.41, 5.74) is 5.73. The second-order valence-electron chi connectivity index (χ2n) is 5.00. The number of ether oxygens (including phenoxy) is 1. The van der Waals surface area contributed by atoms with Crippen molar-refractivity contribution >= 4 is 0 Å². The molecule has 0 aliphatic heterocycles. The zero-order valence-corrected chi connectivity index (χ0v) is 9.61. The first kappa shape index (κ1) is 12.9. The highest BCUT2D eigenvalue weighted by Gasteiger charge is 2.19. The summed E-state index contributed by atoms with van der Waals surface area (Å²) in [6.07, 6.45) is 0. The Bertz CT molecular complexity index is 128. The first-order valence-corrected chi connectivity index (χ1v) is 4.80. The molecular formula is C10H24N2O. The van der Waals surface area contributed by atoms with E-state index in [-0.39, 0.29) is 11.0 Å². The number of hydrogen-bond donors (Lipinski definition) is 2. The first-order chi connectivity index (χ1) is 5.83. The summed E-state index contributed by atoms with van der Waals surface area (Å²) in [5.74, 6) is 0. The van der Waals surface area contributed by atoms with E-state index in [1.807, 2.05) is 7.05 Å². The van der Waals surface area contributed by atoms with Crippen LogP contribution in [0.3, 0.4) is 0 Å². The molecule has 0 fully saturated rings. The Labute approximate surface area is 82.0 Å². The maximum atomic E-state index is 5.60. The van der Waals surface area contributed by atoms with Gasteiger partial charge in [-0.05, 0) is 27.4 Å². The molecule has 0 heterocycles. The highest BCUT2D eigenvalue weighted by atomic mass is 16.5. The molecule has 80 valence electrons. The summed E-state index contributed by atoms with van der Waals surface area (Å²) in [6, 6.07) is 0. The van der Waals surface area contributed by atoms with Crippen LogP contribution in [0.4, 0.5) is 0 Å². The highest BCUT2D eigenvalue weighted by molar-refractivity contribution is 4.75. The van der Waals surface area contributed by atoms with Gasteiger partial charge in [0.25, 0.3) is 0 Å². The summed E-state index contributed by atoms with van der Waals surface area (Å²) < 4.78 is 5.60. The van der Waals surface area contributed by atoms with E-state index in [4.69, 9.17) is 10.5 Å². The minimum Gasteiger partial charge on any atom is -0.379 e. The Hall–Kier alpha value is -0.120. The van der Waals surface area contributed by atoms with Gasteiger partial charge in [0.15, 0.2) is 0 Å². The molecule has 0 aliphatic rings. The van der Waals surface area contributed by atoms with Gasteiger partial charge in [0.1, 0.15) is 0 Å². The molecule has 0 aliphatic carbocycles. The minimum atomic E-state index is 0.0463. The highest BCUT2D eigenvalue weighted by Crippen LogP contribution is 2.13. The van der Waals surface area contributed by atoms with Crippen LogP contribution in [0.2, 0.25) is 0 Å². The normalized spacial score (nSPS) is 13.4. The molecule has 0 spiro atoms. The van der Waals surface area contributed by atoms with Gasteiger partial charge in [-0.1, -0.05) is 13.8 Å². The molecule has 0 atom stereocenters. The number of likely N-dealkylation sites (N-methyl/N-ethyl adjacent to an activating group) is 1. The van der Waals surface area contributed by atoms with E-state index in [1.165, 1.54) is 0 Å². The van der Waals surface area contributed by atoms with Crippen molar-refractivity contribution in [3.63, 3.8) is 0 Å². The summed E-state index contributed by atoms with van der Waals surface area (Å²) in [4.78, 5) is 0. The summed E-state index contributed by atoms with van der Waals surface area (Å²) in [5, 5.41) is 3.19. The van der Waals surface area contributed by atoms with Gasteiger partial charge >= 0.3 is 0 Å². The maximum Gasteiger partial charge on any atom is 0.0643 e. The van der Waals surface area contributed by atoms with Crippen LogP contribution in [0.15, 0.2) is 0 Å². The SMILES string of the molecule is CNC(C)(C)COCC(C)(C)CN. The molecule has 3 nitrogen and oxygen atoms in total. The van der Waals surface area contributed by atoms with Gasteiger partial charge in [0, 0.05) is 11.0 Å². The molecule has 0 amide bonds. The zero-order chi connectivity index (χ0) is 10.5. The zero-order valence-electron chi connectivity index (χ0n) is 9.61. The number of nitrogens with two attached hydrogens (primary N) is 1. The van der Waals surface area contributed by atoms with Gasteiger partial charge < -0.3 is 15.8 Å². The third-order valence-corrected chi connectivity index (χ3v) is 2.19. The molecule has 0 aromatic carbocycles. The molecular weight excluding hydrogens is 164 g/mol. The minimum absolute atomic E-state index is 0.0463. The van der Waals surface area contributed by atoms with Gasteiger partial charge in [-0.2, -0.15) is 0 Å². The van der Waals surface area contributed by atoms with E-state index in [9.17, 15) is 0 Å². The van der Waals surface area contributed by atoms with Crippen molar-refractivity contribution in [3.05, 3.63) is 0 Å². The Balaban J connectivity index is 3.68. The largest absolute Gasteiger partial charge is 0.379 e. The van der Waals surface area contributed by atoms with E-state index in [2.05, 4.69) is 33.0 Å². The lowest BCUT2D eigenvalue weighted by atomic mass is 9.95. The van der Waals surface area contributed by atoms with Crippen molar-refractivity contribution < 1.29 is 4.74 Å². The molecule has 0 saturated heterocycles. The number of hydrogen-bond acceptors (Lipinski definition) is 3. The van der Waals surface area contributed by atoms with Gasteiger partial charge in [-0.25, -0.2) is 0 Å². The van der Waals surface area contributed by atoms with Crippen LogP contribution in [0.25, 0.3) is 0 Å². The lowest BCUT2D eigenvalue weighted by Crippen LogP contribution is -2.42. The fourth-order valence-corrected chi connectivity index (χ4v) is 0.714. The van der Waals surface area contributed by atoms with Crippen molar-refractivity contribution in [2.24, 2.45) is 11.1 Å². The Morgan fingerprint density at radius 1 is 1.15 bits per heavy atom. The lowest BCUT2D eigenvalue weighted by Gasteiger charge is -2.27. The van der Waals surface area contributed by atoms with Crippen LogP contribution in [-0.4, -0.2) is 32.3 Å². The van der Waals surface area contributed by atoms with E-state index >= 15 is 0 Å². The quantitative estimate of drug-likeness (QED) is 0.653. The summed E-state index contributed by atoms with van der Waals surface area (Å²) in [6.45, 7) is 10.5. The van der Waals surface area contributed by atoms with Crippen molar-refractivity contribution in [3.8, 4) is 0 Å². The van der Waals surface area contributed by atoms with E-state index < -0.39 is 0 Å². The molecule has 13 heavy (non-hydrogen) atoms. The molecule has 0 aromatic rings. The van der Waals surface area contributed by atoms with Gasteiger partial charge in [-0.3, -0.25) is 0 Å². The number of rotatable bonds is 6. The molecule has 0 aromatic heterocycles. The van der Waals surface area contributed by atoms with Crippen molar-refractivity contribution in [1.29, 1.82) is 0 Å². The first-order valence-electron chi connectivity index (χ1n) is 4.80. The lowest BCUT2D eigenvalue weighted by molar-refractivity contribution is 0.0351. The van der Waals surface area contributed by atoms with Crippen LogP contribution >= 0.6 is 0 Å². The van der Waals surface area contributed by atoms with Crippen molar-refractivity contribution in [2.45, 2.75) is 33.2 Å². The third-order valence-electron chi connectivity index (χ3n) is 2.19. The Morgan fingerprint density at radius 2 is 1.69 bits per heavy atom. The molecule has 3 heteroatoms. The van der Waals surface area contributed by atoms with E-state index in [0.717, 1.165) is 0 Å². The van der Waals surface area contributed by atoms with Gasteiger partial charge in [-0.15, -0.1) is 0 Å². The Morgan fingerprint density at radius 3 is 2.08 bits per heavy atom. The van der Waals surface area contributed by atoms with Crippen LogP contribution < -0.4 is 11.1 Å². The second-order valence-corrected chi connectivity index (χ2v) is 5.00. The average molecular weight is 188 g/mol. The smallest absolute Gasteiger partial charge is 0.0643 e. The van der Waals surface area contributed by atoms with E-state index in [0.29, 0.717) is 19.8 Å². The molecule has 0 rings (SSSR count). The molecule has 3 N–H and O–H groups in total. The molecule has 0 unspecified atom stereocenters. The maximum absolute atomic E-state index is 5.60. The van der Waals surface area contributed by atoms with Crippen LogP contribution in [-0.2, 0) is 4.74 Å². The predicted octanol–water partition coefficient (Wildman–Crippen LogP) is 0.986. The van der Waals surface area contributed by atoms with Crippen molar-refractivity contribution in [1.82, 2.24) is 5.32 Å². The molecule has 0 saturated carbocycles. The molecule has 0 radical (unpaired) electrons. The van der Waals surface area contributed by atoms with Crippen LogP contribution in [0.5, 0.6) is 0 Å². The predicted molar refractivity (Wildman–Crippen MR) is 56.8 cm³/mol. The molecule has 0 bridgehead atoms. The van der Waals surface area contributed by atoms with Gasteiger partial charge in [0.2, 0.25) is 0 Å². The van der Waals surface area contributed by atoms with Crippen LogP contribution in [0.1, 0.15) is 27.7 Å². The monoisotopic (exact) mass is 188 g/mol. The second kappa shape index (κ2) is 4.94. The topological polar surface area (TPSA) is 47.3 Å². The average Bonchev–Trinajstić information content (AvgIpc) is 2.04. The van der Waals surface area contributed by atoms with Gasteiger partial charge in [0.05, 0.1) is 13.2 Å². The summed E-state index contributed by atoms with van der Waals surface area (Å²) >= 11 is 0. The standard InChI is InChI=1S/C10H24N2O/c1-9(2,6-11)7-13-8-10(3,4)12-5/h12H,6-8,11H2,1-5H3. The number of nitrogens with one attached hydrogen (secondary N) is 1. The van der Waals surface area contributed by atoms with E-state index in [1.54, 1.807) is 0 Å². The third kappa shape index (κ3) is 6.02. The fraction of sp³-hybridized carbons (Fsp3) is 1.00. The van der Waals surface area contributed by atoms with Crippen molar-refractivity contribution in [2.75, 3.05) is 26.8 Å². The summed E-state index contributed by atoms with van der Waals surface area (Å²) in [7, 11) is 1.94. The Kier molecular flexibility index (Phi) is 4.89. The van der Waals surface area contributed by atoms with Crippen LogP contribution in [0, 0.1) is 5.41 Å². The fourth-order valence-electron chi connectivity index (χ4n) is 0.714.